The Morgan fingerprint density at radius 3 is 2.44 bits per heavy atom. The lowest BCUT2D eigenvalue weighted by Crippen LogP contribution is -2.39. The van der Waals surface area contributed by atoms with Crippen LogP contribution in [0.25, 0.3) is 0 Å². The molecule has 2 aliphatic heterocycles. The Morgan fingerprint density at radius 1 is 1.03 bits per heavy atom. The first-order valence-electron chi connectivity index (χ1n) is 12.4. The van der Waals surface area contributed by atoms with E-state index in [9.17, 15) is 4.79 Å². The molecule has 0 radical (unpaired) electrons. The molecule has 0 saturated carbocycles. The molecule has 4 rings (SSSR count). The molecule has 1 saturated heterocycles. The van der Waals surface area contributed by atoms with Crippen molar-refractivity contribution in [3.63, 3.8) is 0 Å². The molecule has 1 atom stereocenters. The molecule has 0 aliphatic carbocycles. The lowest BCUT2D eigenvalue weighted by molar-refractivity contribution is -0.131. The van der Waals surface area contributed by atoms with Gasteiger partial charge in [-0.3, -0.25) is 14.7 Å². The van der Waals surface area contributed by atoms with Gasteiger partial charge in [0.25, 0.3) is 0 Å². The quantitative estimate of drug-likeness (QED) is 0.204. The third-order valence-electron chi connectivity index (χ3n) is 6.59. The number of benzene rings is 2. The summed E-state index contributed by atoms with van der Waals surface area (Å²) in [6, 6.07) is 19.5. The van der Waals surface area contributed by atoms with Crippen molar-refractivity contribution in [3.8, 4) is 0 Å². The van der Waals surface area contributed by atoms with Gasteiger partial charge in [-0.25, -0.2) is 0 Å². The first kappa shape index (κ1) is 26.5. The van der Waals surface area contributed by atoms with Crippen molar-refractivity contribution in [2.45, 2.75) is 58.3 Å². The molecule has 34 heavy (non-hydrogen) atoms. The number of nitrogens with zero attached hydrogens (tertiary/aromatic N) is 3. The van der Waals surface area contributed by atoms with Gasteiger partial charge in [0.15, 0.2) is 5.96 Å². The number of guanidine groups is 1. The number of amides is 1. The summed E-state index contributed by atoms with van der Waals surface area (Å²) >= 11 is 0. The summed E-state index contributed by atoms with van der Waals surface area (Å²) in [7, 11) is 0. The predicted octanol–water partition coefficient (Wildman–Crippen LogP) is 4.15. The van der Waals surface area contributed by atoms with E-state index >= 15 is 0 Å². The minimum atomic E-state index is 0. The number of halogens is 1. The Hall–Kier alpha value is -2.13. The summed E-state index contributed by atoms with van der Waals surface area (Å²) < 4.78 is 0. The number of hydrogen-bond donors (Lipinski definition) is 2. The maximum atomic E-state index is 12.6. The van der Waals surface area contributed by atoms with Crippen LogP contribution in [-0.2, 0) is 24.4 Å². The average molecular weight is 576 g/mol. The maximum absolute atomic E-state index is 12.6. The molecular weight excluding hydrogens is 537 g/mol. The van der Waals surface area contributed by atoms with Gasteiger partial charge in [0.1, 0.15) is 0 Å². The van der Waals surface area contributed by atoms with Gasteiger partial charge in [-0.1, -0.05) is 54.6 Å². The van der Waals surface area contributed by atoms with Gasteiger partial charge in [0, 0.05) is 45.2 Å². The number of nitrogens with one attached hydrogen (secondary N) is 2. The van der Waals surface area contributed by atoms with Crippen molar-refractivity contribution in [3.05, 3.63) is 71.3 Å². The fourth-order valence-electron chi connectivity index (χ4n) is 4.78. The molecule has 2 aliphatic rings. The van der Waals surface area contributed by atoms with Crippen molar-refractivity contribution >= 4 is 35.8 Å². The van der Waals surface area contributed by atoms with Crippen molar-refractivity contribution in [1.82, 2.24) is 20.4 Å². The summed E-state index contributed by atoms with van der Waals surface area (Å²) in [5, 5.41) is 6.77. The van der Waals surface area contributed by atoms with E-state index in [1.165, 1.54) is 29.5 Å². The highest BCUT2D eigenvalue weighted by Gasteiger charge is 2.24. The molecule has 1 fully saturated rings. The Morgan fingerprint density at radius 2 is 1.74 bits per heavy atom. The molecule has 0 aromatic heterocycles. The second kappa shape index (κ2) is 13.7. The molecular formula is C27H38IN5O. The minimum absolute atomic E-state index is 0. The lowest BCUT2D eigenvalue weighted by Gasteiger charge is -2.23. The number of rotatable bonds is 9. The van der Waals surface area contributed by atoms with Gasteiger partial charge >= 0.3 is 0 Å². The molecule has 184 valence electrons. The normalized spacial score (nSPS) is 17.9. The van der Waals surface area contributed by atoms with E-state index in [1.807, 2.05) is 17.0 Å². The van der Waals surface area contributed by atoms with Crippen LogP contribution in [0.2, 0.25) is 0 Å². The van der Waals surface area contributed by atoms with E-state index in [0.717, 1.165) is 58.2 Å². The summed E-state index contributed by atoms with van der Waals surface area (Å²) in [6.07, 6.45) is 3.80. The zero-order chi connectivity index (χ0) is 22.9. The fourth-order valence-corrected chi connectivity index (χ4v) is 4.78. The number of likely N-dealkylation sites (tertiary alicyclic amines) is 1. The van der Waals surface area contributed by atoms with Crippen LogP contribution in [0.1, 0.15) is 49.3 Å². The van der Waals surface area contributed by atoms with Crippen LogP contribution in [0, 0.1) is 0 Å². The monoisotopic (exact) mass is 575 g/mol. The molecule has 6 nitrogen and oxygen atoms in total. The highest BCUT2D eigenvalue weighted by Crippen LogP contribution is 2.23. The second-order valence-corrected chi connectivity index (χ2v) is 9.02. The minimum Gasteiger partial charge on any atom is -0.357 e. The number of carbonyl (C=O) groups excluding carboxylic acids is 1. The number of hydrogen-bond acceptors (Lipinski definition) is 3. The molecule has 7 heteroatoms. The van der Waals surface area contributed by atoms with E-state index < -0.39 is 0 Å². The molecule has 2 aromatic carbocycles. The Labute approximate surface area is 221 Å². The fraction of sp³-hybridized carbons (Fsp3) is 0.481. The molecule has 2 aromatic rings. The maximum Gasteiger partial charge on any atom is 0.223 e. The van der Waals surface area contributed by atoms with E-state index in [1.54, 1.807) is 0 Å². The SMILES string of the molecule is CCNC(=NCC1CCCN1Cc1ccccc1)NCCCC(=O)N1Cc2ccccc2C1.I. The standard InChI is InChI=1S/C27H37N5O.HI/c1-2-28-27(30-18-25-14-9-17-31(25)19-22-10-4-3-5-11-22)29-16-8-15-26(33)32-20-23-12-6-7-13-24(23)21-32;/h3-7,10-13,25H,2,8-9,14-21H2,1H3,(H2,28,29,30);1H. The topological polar surface area (TPSA) is 60.0 Å². The molecule has 0 bridgehead atoms. The summed E-state index contributed by atoms with van der Waals surface area (Å²) in [4.78, 5) is 22.0. The van der Waals surface area contributed by atoms with Crippen LogP contribution in [0.3, 0.4) is 0 Å². The average Bonchev–Trinajstić information content (AvgIpc) is 3.47. The second-order valence-electron chi connectivity index (χ2n) is 9.02. The van der Waals surface area contributed by atoms with Crippen molar-refractivity contribution in [1.29, 1.82) is 0 Å². The van der Waals surface area contributed by atoms with Crippen LogP contribution in [0.15, 0.2) is 59.6 Å². The van der Waals surface area contributed by atoms with Gasteiger partial charge in [0.2, 0.25) is 5.91 Å². The first-order chi connectivity index (χ1) is 16.2. The smallest absolute Gasteiger partial charge is 0.223 e. The van der Waals surface area contributed by atoms with E-state index in [-0.39, 0.29) is 29.9 Å². The van der Waals surface area contributed by atoms with Crippen LogP contribution in [0.5, 0.6) is 0 Å². The first-order valence-corrected chi connectivity index (χ1v) is 12.4. The third-order valence-corrected chi connectivity index (χ3v) is 6.59. The predicted molar refractivity (Wildman–Crippen MR) is 149 cm³/mol. The highest BCUT2D eigenvalue weighted by molar-refractivity contribution is 14.0. The summed E-state index contributed by atoms with van der Waals surface area (Å²) in [5.74, 6) is 1.09. The van der Waals surface area contributed by atoms with Crippen molar-refractivity contribution in [2.75, 3.05) is 26.2 Å². The van der Waals surface area contributed by atoms with Crippen LogP contribution >= 0.6 is 24.0 Å². The molecule has 1 amide bonds. The molecule has 1 unspecified atom stereocenters. The van der Waals surface area contributed by atoms with Gasteiger partial charge in [0.05, 0.1) is 6.54 Å². The van der Waals surface area contributed by atoms with E-state index in [2.05, 4.69) is 64.9 Å². The lowest BCUT2D eigenvalue weighted by atomic mass is 10.1. The summed E-state index contributed by atoms with van der Waals surface area (Å²) in [6.45, 7) is 8.08. The number of carbonyl (C=O) groups is 1. The number of aliphatic imine (C=N–C) groups is 1. The van der Waals surface area contributed by atoms with Crippen LogP contribution in [-0.4, -0.2) is 53.9 Å². The zero-order valence-electron chi connectivity index (χ0n) is 20.2. The summed E-state index contributed by atoms with van der Waals surface area (Å²) in [5.41, 5.74) is 3.92. The van der Waals surface area contributed by atoms with Crippen molar-refractivity contribution < 1.29 is 4.79 Å². The molecule has 0 spiro atoms. The van der Waals surface area contributed by atoms with Gasteiger partial charge in [-0.2, -0.15) is 0 Å². The third kappa shape index (κ3) is 7.43. The highest BCUT2D eigenvalue weighted by atomic mass is 127. The molecule has 2 N–H and O–H groups in total. The molecule has 2 heterocycles. The van der Waals surface area contributed by atoms with Gasteiger partial charge in [-0.15, -0.1) is 24.0 Å². The van der Waals surface area contributed by atoms with Gasteiger partial charge in [-0.05, 0) is 49.4 Å². The largest absolute Gasteiger partial charge is 0.357 e. The van der Waals surface area contributed by atoms with E-state index in [0.29, 0.717) is 12.5 Å². The Bertz CT molecular complexity index is 911. The Kier molecular flexibility index (Phi) is 10.7. The zero-order valence-corrected chi connectivity index (χ0v) is 22.5. The van der Waals surface area contributed by atoms with Crippen LogP contribution in [0.4, 0.5) is 0 Å². The number of fused-ring (bicyclic) bond motifs is 1. The Balaban J connectivity index is 0.00000324. The van der Waals surface area contributed by atoms with Crippen LogP contribution < -0.4 is 10.6 Å². The van der Waals surface area contributed by atoms with E-state index in [4.69, 9.17) is 4.99 Å². The van der Waals surface area contributed by atoms with Crippen molar-refractivity contribution in [2.24, 2.45) is 4.99 Å². The van der Waals surface area contributed by atoms with Gasteiger partial charge < -0.3 is 15.5 Å².